The Morgan fingerprint density at radius 2 is 1.90 bits per heavy atom. The van der Waals surface area contributed by atoms with E-state index in [1.807, 2.05) is 22.9 Å². The summed E-state index contributed by atoms with van der Waals surface area (Å²) in [6.45, 7) is 7.07. The lowest BCUT2D eigenvalue weighted by Gasteiger charge is -2.26. The van der Waals surface area contributed by atoms with Crippen LogP contribution in [0.5, 0.6) is 0 Å². The summed E-state index contributed by atoms with van der Waals surface area (Å²) in [6.07, 6.45) is 0.852. The van der Waals surface area contributed by atoms with Gasteiger partial charge in [0, 0.05) is 18.7 Å². The van der Waals surface area contributed by atoms with E-state index in [4.69, 9.17) is 10.8 Å². The molecule has 1 aromatic heterocycles. The minimum atomic E-state index is 0.407. The fourth-order valence-electron chi connectivity index (χ4n) is 2.34. The van der Waals surface area contributed by atoms with E-state index in [0.717, 1.165) is 23.6 Å². The third-order valence-electron chi connectivity index (χ3n) is 3.66. The number of anilines is 1. The first-order chi connectivity index (χ1) is 9.56. The zero-order valence-corrected chi connectivity index (χ0v) is 12.8. The third kappa shape index (κ3) is 2.70. The second-order valence-electron chi connectivity index (χ2n) is 5.38. The maximum atomic E-state index is 5.77. The second kappa shape index (κ2) is 6.09. The molecule has 0 saturated carbocycles. The molecule has 0 radical (unpaired) electrons. The lowest BCUT2D eigenvalue weighted by Crippen LogP contribution is -2.29. The molecule has 0 saturated heterocycles. The summed E-state index contributed by atoms with van der Waals surface area (Å²) in [4.78, 5) is 2.26. The van der Waals surface area contributed by atoms with Crippen molar-refractivity contribution in [3.8, 4) is 5.69 Å². The van der Waals surface area contributed by atoms with E-state index in [0.29, 0.717) is 12.6 Å². The molecule has 1 aromatic carbocycles. The molecule has 4 heteroatoms. The number of para-hydroxylation sites is 1. The highest BCUT2D eigenvalue weighted by molar-refractivity contribution is 5.55. The molecule has 2 rings (SSSR count). The molecule has 0 bridgehead atoms. The third-order valence-corrected chi connectivity index (χ3v) is 3.66. The van der Waals surface area contributed by atoms with Crippen LogP contribution in [0.3, 0.4) is 0 Å². The molecule has 0 fully saturated rings. The quantitative estimate of drug-likeness (QED) is 0.910. The molecular weight excluding hydrogens is 248 g/mol. The van der Waals surface area contributed by atoms with Crippen molar-refractivity contribution in [2.45, 2.75) is 33.2 Å². The van der Waals surface area contributed by atoms with Crippen molar-refractivity contribution < 1.29 is 0 Å². The van der Waals surface area contributed by atoms with Crippen LogP contribution in [0.25, 0.3) is 5.69 Å². The van der Waals surface area contributed by atoms with E-state index in [9.17, 15) is 0 Å². The standard InChI is InChI=1S/C16H24N4/c1-12(2)19(4)16-15(10-11-17)13(3)18-20(16)14-8-6-5-7-9-14/h5-9,12H,10-11,17H2,1-4H3. The fourth-order valence-corrected chi connectivity index (χ4v) is 2.34. The first-order valence-electron chi connectivity index (χ1n) is 7.13. The molecule has 0 amide bonds. The molecule has 108 valence electrons. The number of rotatable bonds is 5. The van der Waals surface area contributed by atoms with E-state index in [2.05, 4.69) is 44.9 Å². The lowest BCUT2D eigenvalue weighted by atomic mass is 10.1. The molecule has 0 atom stereocenters. The van der Waals surface area contributed by atoms with E-state index in [1.165, 1.54) is 5.56 Å². The van der Waals surface area contributed by atoms with Gasteiger partial charge in [0.15, 0.2) is 0 Å². The van der Waals surface area contributed by atoms with Crippen LogP contribution in [0.1, 0.15) is 25.1 Å². The molecule has 0 aliphatic heterocycles. The minimum Gasteiger partial charge on any atom is -0.357 e. The number of hydrogen-bond acceptors (Lipinski definition) is 3. The van der Waals surface area contributed by atoms with Crippen LogP contribution in [0, 0.1) is 6.92 Å². The van der Waals surface area contributed by atoms with Crippen molar-refractivity contribution in [2.24, 2.45) is 5.73 Å². The van der Waals surface area contributed by atoms with Crippen molar-refractivity contribution in [1.29, 1.82) is 0 Å². The fraction of sp³-hybridized carbons (Fsp3) is 0.438. The maximum Gasteiger partial charge on any atom is 0.135 e. The normalized spacial score (nSPS) is 11.1. The zero-order chi connectivity index (χ0) is 14.7. The topological polar surface area (TPSA) is 47.1 Å². The molecule has 1 heterocycles. The van der Waals surface area contributed by atoms with Gasteiger partial charge in [-0.3, -0.25) is 0 Å². The first kappa shape index (κ1) is 14.6. The highest BCUT2D eigenvalue weighted by atomic mass is 15.4. The van der Waals surface area contributed by atoms with Crippen LogP contribution in [0.15, 0.2) is 30.3 Å². The van der Waals surface area contributed by atoms with Gasteiger partial charge in [-0.1, -0.05) is 18.2 Å². The average molecular weight is 272 g/mol. The van der Waals surface area contributed by atoms with Gasteiger partial charge in [-0.25, -0.2) is 4.68 Å². The van der Waals surface area contributed by atoms with Crippen molar-refractivity contribution >= 4 is 5.82 Å². The van der Waals surface area contributed by atoms with Gasteiger partial charge in [-0.15, -0.1) is 0 Å². The van der Waals surface area contributed by atoms with Crippen molar-refractivity contribution in [3.05, 3.63) is 41.6 Å². The molecule has 2 aromatic rings. The Morgan fingerprint density at radius 3 is 2.45 bits per heavy atom. The smallest absolute Gasteiger partial charge is 0.135 e. The monoisotopic (exact) mass is 272 g/mol. The van der Waals surface area contributed by atoms with Crippen molar-refractivity contribution in [1.82, 2.24) is 9.78 Å². The predicted octanol–water partition coefficient (Wildman–Crippen LogP) is 2.53. The molecule has 0 aliphatic rings. The molecule has 20 heavy (non-hydrogen) atoms. The number of nitrogens with two attached hydrogens (primary N) is 1. The van der Waals surface area contributed by atoms with Gasteiger partial charge in [0.05, 0.1) is 11.4 Å². The summed E-state index contributed by atoms with van der Waals surface area (Å²) in [7, 11) is 2.11. The van der Waals surface area contributed by atoms with Gasteiger partial charge in [-0.05, 0) is 45.9 Å². The van der Waals surface area contributed by atoms with Crippen LogP contribution >= 0.6 is 0 Å². The zero-order valence-electron chi connectivity index (χ0n) is 12.8. The van der Waals surface area contributed by atoms with E-state index in [-0.39, 0.29) is 0 Å². The van der Waals surface area contributed by atoms with E-state index in [1.54, 1.807) is 0 Å². The highest BCUT2D eigenvalue weighted by Crippen LogP contribution is 2.28. The summed E-state index contributed by atoms with van der Waals surface area (Å²) in [5.74, 6) is 1.15. The van der Waals surface area contributed by atoms with Gasteiger partial charge < -0.3 is 10.6 Å². The van der Waals surface area contributed by atoms with Crippen LogP contribution in [0.2, 0.25) is 0 Å². The Balaban J connectivity index is 2.59. The first-order valence-corrected chi connectivity index (χ1v) is 7.13. The Hall–Kier alpha value is -1.81. The number of hydrogen-bond donors (Lipinski definition) is 1. The molecule has 0 aliphatic carbocycles. The van der Waals surface area contributed by atoms with E-state index >= 15 is 0 Å². The van der Waals surface area contributed by atoms with Crippen LogP contribution in [-0.2, 0) is 6.42 Å². The highest BCUT2D eigenvalue weighted by Gasteiger charge is 2.20. The molecular formula is C16H24N4. The average Bonchev–Trinajstić information content (AvgIpc) is 2.77. The van der Waals surface area contributed by atoms with Crippen LogP contribution in [0.4, 0.5) is 5.82 Å². The predicted molar refractivity (Wildman–Crippen MR) is 84.6 cm³/mol. The Bertz CT molecular complexity index is 557. The lowest BCUT2D eigenvalue weighted by molar-refractivity contribution is 0.712. The Labute approximate surface area is 121 Å². The van der Waals surface area contributed by atoms with Crippen LogP contribution in [-0.4, -0.2) is 29.4 Å². The van der Waals surface area contributed by atoms with Gasteiger partial charge in [-0.2, -0.15) is 5.10 Å². The van der Waals surface area contributed by atoms with Gasteiger partial charge >= 0.3 is 0 Å². The Morgan fingerprint density at radius 1 is 1.25 bits per heavy atom. The number of benzene rings is 1. The van der Waals surface area contributed by atoms with Crippen molar-refractivity contribution in [3.63, 3.8) is 0 Å². The Kier molecular flexibility index (Phi) is 4.45. The molecule has 0 unspecified atom stereocenters. The SMILES string of the molecule is Cc1nn(-c2ccccc2)c(N(C)C(C)C)c1CCN. The van der Waals surface area contributed by atoms with Gasteiger partial charge in [0.1, 0.15) is 5.82 Å². The van der Waals surface area contributed by atoms with E-state index < -0.39 is 0 Å². The van der Waals surface area contributed by atoms with Crippen molar-refractivity contribution in [2.75, 3.05) is 18.5 Å². The maximum absolute atomic E-state index is 5.77. The summed E-state index contributed by atoms with van der Waals surface area (Å²) >= 11 is 0. The van der Waals surface area contributed by atoms with Crippen LogP contribution < -0.4 is 10.6 Å². The summed E-state index contributed by atoms with van der Waals surface area (Å²) < 4.78 is 2.03. The van der Waals surface area contributed by atoms with Gasteiger partial charge in [0.2, 0.25) is 0 Å². The molecule has 2 N–H and O–H groups in total. The largest absolute Gasteiger partial charge is 0.357 e. The minimum absolute atomic E-state index is 0.407. The summed E-state index contributed by atoms with van der Waals surface area (Å²) in [5.41, 5.74) is 9.15. The van der Waals surface area contributed by atoms with Gasteiger partial charge in [0.25, 0.3) is 0 Å². The molecule has 0 spiro atoms. The number of aryl methyl sites for hydroxylation is 1. The summed E-state index contributed by atoms with van der Waals surface area (Å²) in [6, 6.07) is 10.7. The second-order valence-corrected chi connectivity index (χ2v) is 5.38. The summed E-state index contributed by atoms with van der Waals surface area (Å²) in [5, 5.41) is 4.72. The number of nitrogens with zero attached hydrogens (tertiary/aromatic N) is 3. The molecule has 4 nitrogen and oxygen atoms in total. The number of aromatic nitrogens is 2.